The first-order valence-corrected chi connectivity index (χ1v) is 7.64. The van der Waals surface area contributed by atoms with E-state index in [0.717, 1.165) is 6.07 Å². The minimum absolute atomic E-state index is 0.135. The molecular weight excluding hydrogens is 314 g/mol. The number of aliphatic hydroxyl groups excluding tert-OH is 1. The molecule has 0 aromatic heterocycles. The van der Waals surface area contributed by atoms with Crippen LogP contribution in [0.4, 0.5) is 14.5 Å². The normalized spacial score (nSPS) is 11.9. The molecule has 0 radical (unpaired) electrons. The molecule has 2 aromatic carbocycles. The van der Waals surface area contributed by atoms with E-state index in [2.05, 4.69) is 10.6 Å². The Morgan fingerprint density at radius 1 is 1.25 bits per heavy atom. The van der Waals surface area contributed by atoms with E-state index in [1.807, 2.05) is 0 Å². The maximum absolute atomic E-state index is 13.9. The molecule has 0 aliphatic carbocycles. The average molecular weight is 334 g/mol. The fourth-order valence-electron chi connectivity index (χ4n) is 2.47. The lowest BCUT2D eigenvalue weighted by Gasteiger charge is -2.19. The number of benzene rings is 2. The summed E-state index contributed by atoms with van der Waals surface area (Å²) in [6.45, 7) is 3.58. The van der Waals surface area contributed by atoms with Crippen LogP contribution >= 0.6 is 0 Å². The topological polar surface area (TPSA) is 61.4 Å². The monoisotopic (exact) mass is 334 g/mol. The predicted octanol–water partition coefficient (Wildman–Crippen LogP) is 3.17. The van der Waals surface area contributed by atoms with Crippen LogP contribution in [0.2, 0.25) is 0 Å². The lowest BCUT2D eigenvalue weighted by atomic mass is 10.0. The van der Waals surface area contributed by atoms with Gasteiger partial charge in [0, 0.05) is 29.4 Å². The van der Waals surface area contributed by atoms with Crippen molar-refractivity contribution in [3.63, 3.8) is 0 Å². The van der Waals surface area contributed by atoms with Gasteiger partial charge in [0.1, 0.15) is 11.6 Å². The van der Waals surface area contributed by atoms with Crippen molar-refractivity contribution in [1.82, 2.24) is 5.32 Å². The van der Waals surface area contributed by atoms with Gasteiger partial charge in [-0.15, -0.1) is 0 Å². The molecule has 2 aromatic rings. The average Bonchev–Trinajstić information content (AvgIpc) is 2.54. The van der Waals surface area contributed by atoms with E-state index < -0.39 is 17.7 Å². The van der Waals surface area contributed by atoms with Crippen LogP contribution in [-0.4, -0.2) is 24.2 Å². The van der Waals surface area contributed by atoms with Crippen molar-refractivity contribution >= 4 is 11.6 Å². The summed E-state index contributed by atoms with van der Waals surface area (Å²) in [5, 5.41) is 14.5. The third-order valence-electron chi connectivity index (χ3n) is 3.78. The minimum atomic E-state index is -0.623. The zero-order valence-electron chi connectivity index (χ0n) is 13.6. The molecule has 0 saturated heterocycles. The Bertz CT molecular complexity index is 735. The molecule has 2 rings (SSSR count). The maximum Gasteiger partial charge on any atom is 0.251 e. The van der Waals surface area contributed by atoms with E-state index in [1.165, 1.54) is 12.1 Å². The third-order valence-corrected chi connectivity index (χ3v) is 3.78. The van der Waals surface area contributed by atoms with Gasteiger partial charge in [0.05, 0.1) is 12.6 Å². The molecule has 1 atom stereocenters. The number of hydrogen-bond acceptors (Lipinski definition) is 3. The quantitative estimate of drug-likeness (QED) is 0.760. The molecule has 0 aliphatic heterocycles. The van der Waals surface area contributed by atoms with Crippen LogP contribution in [0.5, 0.6) is 0 Å². The smallest absolute Gasteiger partial charge is 0.251 e. The van der Waals surface area contributed by atoms with Gasteiger partial charge in [-0.05, 0) is 37.6 Å². The predicted molar refractivity (Wildman–Crippen MR) is 89.0 cm³/mol. The highest BCUT2D eigenvalue weighted by molar-refractivity contribution is 5.97. The van der Waals surface area contributed by atoms with Gasteiger partial charge in [-0.2, -0.15) is 0 Å². The third kappa shape index (κ3) is 4.08. The Morgan fingerprint density at radius 3 is 2.67 bits per heavy atom. The van der Waals surface area contributed by atoms with Gasteiger partial charge in [0.25, 0.3) is 5.91 Å². The summed E-state index contributed by atoms with van der Waals surface area (Å²) in [6, 6.07) is 8.24. The Morgan fingerprint density at radius 2 is 2.00 bits per heavy atom. The molecule has 0 bridgehead atoms. The number of nitrogens with one attached hydrogen (secondary N) is 2. The summed E-state index contributed by atoms with van der Waals surface area (Å²) >= 11 is 0. The second-order valence-corrected chi connectivity index (χ2v) is 5.49. The summed E-state index contributed by atoms with van der Waals surface area (Å²) in [6.07, 6.45) is 0. The number of carbonyl (C=O) groups is 1. The molecule has 0 heterocycles. The van der Waals surface area contributed by atoms with E-state index in [0.29, 0.717) is 22.4 Å². The molecule has 0 fully saturated rings. The number of hydrogen-bond donors (Lipinski definition) is 3. The summed E-state index contributed by atoms with van der Waals surface area (Å²) in [4.78, 5) is 12.1. The number of rotatable bonds is 6. The Kier molecular flexibility index (Phi) is 5.87. The van der Waals surface area contributed by atoms with Crippen molar-refractivity contribution in [3.05, 3.63) is 64.7 Å². The van der Waals surface area contributed by atoms with Crippen LogP contribution in [0, 0.1) is 18.6 Å². The first kappa shape index (κ1) is 17.9. The Labute approximate surface area is 139 Å². The van der Waals surface area contributed by atoms with Gasteiger partial charge in [0.15, 0.2) is 0 Å². The molecule has 128 valence electrons. The van der Waals surface area contributed by atoms with E-state index in [1.54, 1.807) is 32.0 Å². The van der Waals surface area contributed by atoms with Crippen molar-refractivity contribution in [2.75, 3.05) is 18.5 Å². The SMILES string of the molecule is Cc1c(NC(C)c2ccc(F)cc2F)cccc1C(=O)NCCO. The van der Waals surface area contributed by atoms with E-state index in [9.17, 15) is 13.6 Å². The van der Waals surface area contributed by atoms with Crippen LogP contribution < -0.4 is 10.6 Å². The highest BCUT2D eigenvalue weighted by atomic mass is 19.1. The fraction of sp³-hybridized carbons (Fsp3) is 0.278. The van der Waals surface area contributed by atoms with Crippen LogP contribution in [0.3, 0.4) is 0 Å². The molecule has 24 heavy (non-hydrogen) atoms. The van der Waals surface area contributed by atoms with E-state index >= 15 is 0 Å². The fourth-order valence-corrected chi connectivity index (χ4v) is 2.47. The van der Waals surface area contributed by atoms with Gasteiger partial charge < -0.3 is 15.7 Å². The van der Waals surface area contributed by atoms with Crippen molar-refractivity contribution in [1.29, 1.82) is 0 Å². The Hall–Kier alpha value is -2.47. The molecule has 3 N–H and O–H groups in total. The van der Waals surface area contributed by atoms with Crippen molar-refractivity contribution < 1.29 is 18.7 Å². The van der Waals surface area contributed by atoms with E-state index in [-0.39, 0.29) is 19.1 Å². The lowest BCUT2D eigenvalue weighted by Crippen LogP contribution is -2.27. The second kappa shape index (κ2) is 7.88. The molecule has 0 aliphatic rings. The number of aliphatic hydroxyl groups is 1. The van der Waals surface area contributed by atoms with Gasteiger partial charge in [-0.3, -0.25) is 4.79 Å². The minimum Gasteiger partial charge on any atom is -0.395 e. The first-order chi connectivity index (χ1) is 11.4. The van der Waals surface area contributed by atoms with Crippen molar-refractivity contribution in [2.24, 2.45) is 0 Å². The first-order valence-electron chi connectivity index (χ1n) is 7.64. The Balaban J connectivity index is 2.22. The van der Waals surface area contributed by atoms with Gasteiger partial charge in [0.2, 0.25) is 0 Å². The molecule has 1 amide bonds. The highest BCUT2D eigenvalue weighted by Gasteiger charge is 2.15. The molecule has 0 saturated carbocycles. The molecule has 6 heteroatoms. The lowest BCUT2D eigenvalue weighted by molar-refractivity contribution is 0.0944. The van der Waals surface area contributed by atoms with Crippen molar-refractivity contribution in [3.8, 4) is 0 Å². The van der Waals surface area contributed by atoms with E-state index in [4.69, 9.17) is 5.11 Å². The second-order valence-electron chi connectivity index (χ2n) is 5.49. The number of anilines is 1. The zero-order valence-corrected chi connectivity index (χ0v) is 13.6. The van der Waals surface area contributed by atoms with Crippen LogP contribution in [0.1, 0.15) is 34.5 Å². The molecule has 1 unspecified atom stereocenters. The standard InChI is InChI=1S/C18H20F2N2O2/c1-11-14(18(24)21-8-9-23)4-3-5-17(11)22-12(2)15-7-6-13(19)10-16(15)20/h3-7,10,12,22-23H,8-9H2,1-2H3,(H,21,24). The van der Waals surface area contributed by atoms with Gasteiger partial charge >= 0.3 is 0 Å². The van der Waals surface area contributed by atoms with Crippen LogP contribution in [0.15, 0.2) is 36.4 Å². The summed E-state index contributed by atoms with van der Waals surface area (Å²) in [7, 11) is 0. The van der Waals surface area contributed by atoms with Crippen molar-refractivity contribution in [2.45, 2.75) is 19.9 Å². The van der Waals surface area contributed by atoms with Gasteiger partial charge in [-0.25, -0.2) is 8.78 Å². The largest absolute Gasteiger partial charge is 0.395 e. The van der Waals surface area contributed by atoms with Crippen LogP contribution in [0.25, 0.3) is 0 Å². The van der Waals surface area contributed by atoms with Gasteiger partial charge in [-0.1, -0.05) is 12.1 Å². The van der Waals surface area contributed by atoms with Crippen LogP contribution in [-0.2, 0) is 0 Å². The summed E-state index contributed by atoms with van der Waals surface area (Å²) in [5.74, 6) is -1.53. The number of amides is 1. The zero-order chi connectivity index (χ0) is 17.7. The highest BCUT2D eigenvalue weighted by Crippen LogP contribution is 2.26. The number of carbonyl (C=O) groups excluding carboxylic acids is 1. The molecule has 0 spiro atoms. The summed E-state index contributed by atoms with van der Waals surface area (Å²) < 4.78 is 26.9. The number of halogens is 2. The molecular formula is C18H20F2N2O2. The summed E-state index contributed by atoms with van der Waals surface area (Å²) in [5.41, 5.74) is 2.20. The molecule has 4 nitrogen and oxygen atoms in total. The maximum atomic E-state index is 13.9.